The van der Waals surface area contributed by atoms with E-state index >= 15 is 0 Å². The summed E-state index contributed by atoms with van der Waals surface area (Å²) in [4.78, 5) is 8.93. The third kappa shape index (κ3) is 6.64. The molecule has 8 heteroatoms. The van der Waals surface area contributed by atoms with Crippen molar-refractivity contribution in [2.45, 2.75) is 13.1 Å². The van der Waals surface area contributed by atoms with Crippen LogP contribution in [0.1, 0.15) is 11.1 Å². The molecule has 0 unspecified atom stereocenters. The lowest BCUT2D eigenvalue weighted by Gasteiger charge is -2.31. The van der Waals surface area contributed by atoms with E-state index in [4.69, 9.17) is 14.2 Å². The van der Waals surface area contributed by atoms with Gasteiger partial charge in [0.25, 0.3) is 0 Å². The van der Waals surface area contributed by atoms with E-state index in [1.165, 1.54) is 11.3 Å². The first-order chi connectivity index (χ1) is 14.7. The predicted octanol–water partition coefficient (Wildman–Crippen LogP) is 3.37. The Morgan fingerprint density at radius 2 is 1.84 bits per heavy atom. The van der Waals surface area contributed by atoms with E-state index in [2.05, 4.69) is 44.4 Å². The molecule has 31 heavy (non-hydrogen) atoms. The summed E-state index contributed by atoms with van der Waals surface area (Å²) in [5.41, 5.74) is 3.57. The van der Waals surface area contributed by atoms with E-state index < -0.39 is 0 Å². The number of morpholine rings is 1. The van der Waals surface area contributed by atoms with E-state index in [0.29, 0.717) is 13.1 Å². The van der Waals surface area contributed by atoms with Crippen LogP contribution in [-0.4, -0.2) is 65.5 Å². The molecule has 0 bridgehead atoms. The SMILES string of the molecule is CN=C(NCc1ccccc1N1CCOCC1)N(C)Cc1ccc(OC)cc1OC.I. The molecule has 0 amide bonds. The molecular weight excluding hydrogens is 507 g/mol. The van der Waals surface area contributed by atoms with Gasteiger partial charge in [0.2, 0.25) is 0 Å². The van der Waals surface area contributed by atoms with Gasteiger partial charge in [0.15, 0.2) is 5.96 Å². The van der Waals surface area contributed by atoms with Gasteiger partial charge in [-0.15, -0.1) is 24.0 Å². The Kier molecular flexibility index (Phi) is 10.2. The zero-order valence-electron chi connectivity index (χ0n) is 18.8. The molecule has 1 N–H and O–H groups in total. The van der Waals surface area contributed by atoms with Crippen molar-refractivity contribution in [3.05, 3.63) is 53.6 Å². The topological polar surface area (TPSA) is 58.6 Å². The van der Waals surface area contributed by atoms with Crippen LogP contribution in [-0.2, 0) is 17.8 Å². The summed E-state index contributed by atoms with van der Waals surface area (Å²) in [6, 6.07) is 14.4. The molecule has 0 spiro atoms. The molecule has 1 aliphatic heterocycles. The van der Waals surface area contributed by atoms with Crippen LogP contribution >= 0.6 is 24.0 Å². The fourth-order valence-electron chi connectivity index (χ4n) is 3.64. The Morgan fingerprint density at radius 3 is 2.52 bits per heavy atom. The molecule has 7 nitrogen and oxygen atoms in total. The van der Waals surface area contributed by atoms with Crippen LogP contribution in [0.5, 0.6) is 11.5 Å². The van der Waals surface area contributed by atoms with Crippen molar-refractivity contribution < 1.29 is 14.2 Å². The Hall–Kier alpha value is -2.20. The highest BCUT2D eigenvalue weighted by molar-refractivity contribution is 14.0. The zero-order chi connectivity index (χ0) is 21.3. The van der Waals surface area contributed by atoms with E-state index in [1.807, 2.05) is 25.2 Å². The molecule has 0 saturated carbocycles. The summed E-state index contributed by atoms with van der Waals surface area (Å²) >= 11 is 0. The molecule has 1 aliphatic rings. The summed E-state index contributed by atoms with van der Waals surface area (Å²) in [6.07, 6.45) is 0. The number of rotatable bonds is 7. The maximum atomic E-state index is 5.53. The van der Waals surface area contributed by atoms with Gasteiger partial charge in [0.1, 0.15) is 11.5 Å². The lowest BCUT2D eigenvalue weighted by molar-refractivity contribution is 0.122. The van der Waals surface area contributed by atoms with Crippen molar-refractivity contribution in [1.29, 1.82) is 0 Å². The van der Waals surface area contributed by atoms with Gasteiger partial charge in [-0.1, -0.05) is 18.2 Å². The van der Waals surface area contributed by atoms with Crippen LogP contribution < -0.4 is 19.7 Å². The van der Waals surface area contributed by atoms with Gasteiger partial charge in [-0.05, 0) is 23.8 Å². The number of anilines is 1. The van der Waals surface area contributed by atoms with Crippen LogP contribution in [0.15, 0.2) is 47.5 Å². The minimum Gasteiger partial charge on any atom is -0.497 e. The minimum atomic E-state index is 0. The number of ether oxygens (including phenoxy) is 3. The van der Waals surface area contributed by atoms with Gasteiger partial charge in [-0.3, -0.25) is 4.99 Å². The fraction of sp³-hybridized carbons (Fsp3) is 0.435. The van der Waals surface area contributed by atoms with Crippen molar-refractivity contribution in [2.75, 3.05) is 59.5 Å². The number of para-hydroxylation sites is 1. The molecule has 0 aliphatic carbocycles. The highest BCUT2D eigenvalue weighted by Gasteiger charge is 2.16. The number of nitrogens with zero attached hydrogens (tertiary/aromatic N) is 3. The van der Waals surface area contributed by atoms with Crippen molar-refractivity contribution in [3.8, 4) is 11.5 Å². The quantitative estimate of drug-likeness (QED) is 0.330. The Bertz CT molecular complexity index is 856. The lowest BCUT2D eigenvalue weighted by Crippen LogP contribution is -2.39. The molecule has 0 aromatic heterocycles. The van der Waals surface area contributed by atoms with E-state index in [-0.39, 0.29) is 24.0 Å². The van der Waals surface area contributed by atoms with Crippen LogP contribution in [0.4, 0.5) is 5.69 Å². The first-order valence-electron chi connectivity index (χ1n) is 10.2. The molecule has 1 heterocycles. The Labute approximate surface area is 202 Å². The second-order valence-corrected chi connectivity index (χ2v) is 7.16. The summed E-state index contributed by atoms with van der Waals surface area (Å²) in [7, 11) is 7.15. The van der Waals surface area contributed by atoms with Gasteiger partial charge < -0.3 is 29.3 Å². The average Bonchev–Trinajstić information content (AvgIpc) is 2.80. The number of nitrogens with one attached hydrogen (secondary N) is 1. The molecule has 1 fully saturated rings. The van der Waals surface area contributed by atoms with E-state index in [0.717, 1.165) is 49.3 Å². The van der Waals surface area contributed by atoms with Gasteiger partial charge >= 0.3 is 0 Å². The van der Waals surface area contributed by atoms with Crippen molar-refractivity contribution in [3.63, 3.8) is 0 Å². The number of hydrogen-bond donors (Lipinski definition) is 1. The third-order valence-corrected chi connectivity index (χ3v) is 5.26. The maximum Gasteiger partial charge on any atom is 0.193 e. The van der Waals surface area contributed by atoms with Crippen LogP contribution in [0.3, 0.4) is 0 Å². The van der Waals surface area contributed by atoms with E-state index in [1.54, 1.807) is 21.3 Å². The largest absolute Gasteiger partial charge is 0.497 e. The third-order valence-electron chi connectivity index (χ3n) is 5.26. The first kappa shape index (κ1) is 25.1. The minimum absolute atomic E-state index is 0. The highest BCUT2D eigenvalue weighted by atomic mass is 127. The molecular formula is C23H33IN4O3. The smallest absolute Gasteiger partial charge is 0.193 e. The highest BCUT2D eigenvalue weighted by Crippen LogP contribution is 2.26. The van der Waals surface area contributed by atoms with Crippen LogP contribution in [0.2, 0.25) is 0 Å². The summed E-state index contributed by atoms with van der Waals surface area (Å²) in [5, 5.41) is 3.50. The van der Waals surface area contributed by atoms with Crippen LogP contribution in [0, 0.1) is 0 Å². The fourth-order valence-corrected chi connectivity index (χ4v) is 3.64. The Balaban J connectivity index is 0.00000341. The van der Waals surface area contributed by atoms with Crippen molar-refractivity contribution in [2.24, 2.45) is 4.99 Å². The molecule has 0 radical (unpaired) electrons. The normalized spacial score (nSPS) is 13.9. The number of halogens is 1. The van der Waals surface area contributed by atoms with Crippen molar-refractivity contribution in [1.82, 2.24) is 10.2 Å². The standard InChI is InChI=1S/C23H32N4O3.HI/c1-24-23(26(2)17-19-9-10-20(28-3)15-22(19)29-4)25-16-18-7-5-6-8-21(18)27-11-13-30-14-12-27;/h5-10,15H,11-14,16-17H2,1-4H3,(H,24,25);1H. The monoisotopic (exact) mass is 540 g/mol. The summed E-state index contributed by atoms with van der Waals surface area (Å²) in [5.74, 6) is 2.40. The molecule has 170 valence electrons. The van der Waals surface area contributed by atoms with Crippen LogP contribution in [0.25, 0.3) is 0 Å². The van der Waals surface area contributed by atoms with E-state index in [9.17, 15) is 0 Å². The van der Waals surface area contributed by atoms with Gasteiger partial charge in [-0.2, -0.15) is 0 Å². The zero-order valence-corrected chi connectivity index (χ0v) is 21.1. The first-order valence-corrected chi connectivity index (χ1v) is 10.2. The van der Waals surface area contributed by atoms with Crippen molar-refractivity contribution >= 4 is 35.6 Å². The van der Waals surface area contributed by atoms with Gasteiger partial charge in [0.05, 0.1) is 27.4 Å². The Morgan fingerprint density at radius 1 is 1.10 bits per heavy atom. The molecule has 2 aromatic carbocycles. The predicted molar refractivity (Wildman–Crippen MR) is 136 cm³/mol. The second kappa shape index (κ2) is 12.6. The number of guanidine groups is 1. The van der Waals surface area contributed by atoms with Gasteiger partial charge in [-0.25, -0.2) is 0 Å². The maximum absolute atomic E-state index is 5.53. The average molecular weight is 540 g/mol. The number of aliphatic imine (C=N–C) groups is 1. The number of methoxy groups -OCH3 is 2. The summed E-state index contributed by atoms with van der Waals surface area (Å²) < 4.78 is 16.3. The number of benzene rings is 2. The summed E-state index contributed by atoms with van der Waals surface area (Å²) in [6.45, 7) is 4.75. The molecule has 1 saturated heterocycles. The molecule has 0 atom stereocenters. The molecule has 2 aromatic rings. The molecule has 3 rings (SSSR count). The van der Waals surface area contributed by atoms with Gasteiger partial charge in [0, 0.05) is 57.6 Å². The number of hydrogen-bond acceptors (Lipinski definition) is 5. The lowest BCUT2D eigenvalue weighted by atomic mass is 10.1. The second-order valence-electron chi connectivity index (χ2n) is 7.16.